The summed E-state index contributed by atoms with van der Waals surface area (Å²) in [5, 5.41) is 21.9. The highest BCUT2D eigenvalue weighted by atomic mass is 35.5. The molecular weight excluding hydrogens is 399 g/mol. The maximum absolute atomic E-state index is 11.6. The lowest BCUT2D eigenvalue weighted by molar-refractivity contribution is -0.385. The van der Waals surface area contributed by atoms with Gasteiger partial charge < -0.3 is 0 Å². The molecule has 2 aromatic carbocycles. The van der Waals surface area contributed by atoms with Crippen molar-refractivity contribution in [3.8, 4) is 11.1 Å². The molecule has 0 saturated carbocycles. The smallest absolute Gasteiger partial charge is 0.282 e. The van der Waals surface area contributed by atoms with E-state index in [1.54, 1.807) is 0 Å². The Balaban J connectivity index is 3.06. The molecule has 0 unspecified atom stereocenters. The van der Waals surface area contributed by atoms with E-state index in [1.807, 2.05) is 0 Å². The molecule has 1 N–H and O–H groups in total. The van der Waals surface area contributed by atoms with Gasteiger partial charge in [0.1, 0.15) is 9.92 Å². The fourth-order valence-corrected chi connectivity index (χ4v) is 3.51. The van der Waals surface area contributed by atoms with Crippen molar-refractivity contribution in [1.29, 1.82) is 0 Å². The van der Waals surface area contributed by atoms with Crippen molar-refractivity contribution in [2.45, 2.75) is 11.8 Å². The maximum Gasteiger partial charge on any atom is 0.295 e. The van der Waals surface area contributed by atoms with Crippen LogP contribution in [0.3, 0.4) is 0 Å². The third-order valence-corrected chi connectivity index (χ3v) is 4.82. The summed E-state index contributed by atoms with van der Waals surface area (Å²) < 4.78 is 32.7. The Kier molecular flexibility index (Phi) is 5.00. The Bertz CT molecular complexity index is 1020. The lowest BCUT2D eigenvalue weighted by Crippen LogP contribution is -2.06. The average Bonchev–Trinajstić information content (AvgIpc) is 2.44. The number of nitro benzene ring substituents is 2. The van der Waals surface area contributed by atoms with Crippen LogP contribution in [0.25, 0.3) is 11.1 Å². The molecule has 0 bridgehead atoms. The Morgan fingerprint density at radius 2 is 1.64 bits per heavy atom. The first kappa shape index (κ1) is 19.1. The van der Waals surface area contributed by atoms with E-state index in [-0.39, 0.29) is 21.2 Å². The van der Waals surface area contributed by atoms with E-state index in [9.17, 15) is 33.2 Å². The van der Waals surface area contributed by atoms with Crippen molar-refractivity contribution in [2.75, 3.05) is 0 Å². The fourth-order valence-electron chi connectivity index (χ4n) is 2.26. The van der Waals surface area contributed by atoms with Gasteiger partial charge in [-0.15, -0.1) is 0 Å². The number of nitrogens with zero attached hydrogens (tertiary/aromatic N) is 2. The first-order valence-electron chi connectivity index (χ1n) is 6.34. The minimum atomic E-state index is -4.88. The fraction of sp³-hybridized carbons (Fsp3) is 0.0769. The van der Waals surface area contributed by atoms with E-state index in [0.717, 1.165) is 24.3 Å². The lowest BCUT2D eigenvalue weighted by Gasteiger charge is -2.12. The molecular formula is C13H8Cl2N2O7S. The normalized spacial score (nSPS) is 11.4. The Hall–Kier alpha value is -2.27. The van der Waals surface area contributed by atoms with Crippen molar-refractivity contribution in [1.82, 2.24) is 0 Å². The molecule has 0 aliphatic heterocycles. The standard InChI is InChI=1S/C13H8Cl2N2O7S/c1-6-2-3-11(25(22,23)24)12(13(6)17(20)21)7-4-10(16(18)19)9(15)5-8(7)14/h2-5H,1H3,(H,22,23,24). The molecule has 12 heteroatoms. The number of halogens is 2. The molecule has 0 spiro atoms. The van der Waals surface area contributed by atoms with Gasteiger partial charge >= 0.3 is 0 Å². The summed E-state index contributed by atoms with van der Waals surface area (Å²) in [5.74, 6) is 0. The van der Waals surface area contributed by atoms with Crippen LogP contribution in [0.1, 0.15) is 5.56 Å². The highest BCUT2D eigenvalue weighted by molar-refractivity contribution is 7.86. The highest BCUT2D eigenvalue weighted by Crippen LogP contribution is 2.44. The second-order valence-electron chi connectivity index (χ2n) is 4.88. The largest absolute Gasteiger partial charge is 0.295 e. The summed E-state index contributed by atoms with van der Waals surface area (Å²) in [6.45, 7) is 1.34. The molecule has 0 aliphatic rings. The summed E-state index contributed by atoms with van der Waals surface area (Å²) in [5.41, 5.74) is -2.09. The number of hydrogen-bond acceptors (Lipinski definition) is 6. The van der Waals surface area contributed by atoms with Gasteiger partial charge in [-0.3, -0.25) is 24.8 Å². The third-order valence-electron chi connectivity index (χ3n) is 3.30. The molecule has 0 saturated heterocycles. The number of nitro groups is 2. The minimum Gasteiger partial charge on any atom is -0.282 e. The molecule has 25 heavy (non-hydrogen) atoms. The minimum absolute atomic E-state index is 0.0704. The summed E-state index contributed by atoms with van der Waals surface area (Å²) in [6.07, 6.45) is 0. The molecule has 0 aromatic heterocycles. The number of benzene rings is 2. The van der Waals surface area contributed by atoms with Crippen LogP contribution in [-0.4, -0.2) is 22.8 Å². The van der Waals surface area contributed by atoms with Crippen LogP contribution in [0, 0.1) is 27.2 Å². The van der Waals surface area contributed by atoms with Crippen LogP contribution in [-0.2, 0) is 10.1 Å². The summed E-state index contributed by atoms with van der Waals surface area (Å²) in [7, 11) is -4.88. The Morgan fingerprint density at radius 1 is 1.04 bits per heavy atom. The van der Waals surface area contributed by atoms with E-state index in [2.05, 4.69) is 0 Å². The topological polar surface area (TPSA) is 141 Å². The van der Waals surface area contributed by atoms with Crippen molar-refractivity contribution in [2.24, 2.45) is 0 Å². The SMILES string of the molecule is Cc1ccc(S(=O)(=O)O)c(-c2cc([N+](=O)[O-])c(Cl)cc2Cl)c1[N+](=O)[O-]. The molecule has 0 heterocycles. The van der Waals surface area contributed by atoms with Crippen molar-refractivity contribution >= 4 is 44.7 Å². The van der Waals surface area contributed by atoms with Gasteiger partial charge in [0.2, 0.25) is 0 Å². The first-order chi connectivity index (χ1) is 11.4. The summed E-state index contributed by atoms with van der Waals surface area (Å²) in [4.78, 5) is 20.0. The van der Waals surface area contributed by atoms with Gasteiger partial charge in [0.25, 0.3) is 21.5 Å². The molecule has 9 nitrogen and oxygen atoms in total. The van der Waals surface area contributed by atoms with Gasteiger partial charge in [-0.1, -0.05) is 29.3 Å². The van der Waals surface area contributed by atoms with Crippen molar-refractivity contribution < 1.29 is 22.8 Å². The molecule has 0 radical (unpaired) electrons. The van der Waals surface area contributed by atoms with E-state index >= 15 is 0 Å². The Labute approximate surface area is 150 Å². The van der Waals surface area contributed by atoms with Crippen LogP contribution >= 0.6 is 23.2 Å². The molecule has 0 fully saturated rings. The zero-order chi connectivity index (χ0) is 19.1. The summed E-state index contributed by atoms with van der Waals surface area (Å²) >= 11 is 11.7. The maximum atomic E-state index is 11.6. The number of aryl methyl sites for hydroxylation is 1. The average molecular weight is 407 g/mol. The van der Waals surface area contributed by atoms with E-state index in [1.165, 1.54) is 6.92 Å². The zero-order valence-corrected chi connectivity index (χ0v) is 14.6. The molecule has 0 aliphatic carbocycles. The van der Waals surface area contributed by atoms with Crippen LogP contribution in [0.15, 0.2) is 29.2 Å². The van der Waals surface area contributed by atoms with Gasteiger partial charge in [-0.05, 0) is 19.1 Å². The third kappa shape index (κ3) is 3.56. The first-order valence-corrected chi connectivity index (χ1v) is 8.54. The number of hydrogen-bond donors (Lipinski definition) is 1. The molecule has 2 rings (SSSR count). The quantitative estimate of drug-likeness (QED) is 0.458. The predicted molar refractivity (Wildman–Crippen MR) is 89.8 cm³/mol. The van der Waals surface area contributed by atoms with Crippen LogP contribution < -0.4 is 0 Å². The van der Waals surface area contributed by atoms with Gasteiger partial charge in [0.05, 0.1) is 20.4 Å². The van der Waals surface area contributed by atoms with Gasteiger partial charge in [0.15, 0.2) is 0 Å². The van der Waals surface area contributed by atoms with Crippen LogP contribution in [0.4, 0.5) is 11.4 Å². The van der Waals surface area contributed by atoms with Gasteiger partial charge in [-0.2, -0.15) is 8.42 Å². The second-order valence-corrected chi connectivity index (χ2v) is 7.08. The van der Waals surface area contributed by atoms with Crippen LogP contribution in [0.5, 0.6) is 0 Å². The van der Waals surface area contributed by atoms with E-state index in [4.69, 9.17) is 23.2 Å². The van der Waals surface area contributed by atoms with Crippen LogP contribution in [0.2, 0.25) is 10.0 Å². The van der Waals surface area contributed by atoms with Gasteiger partial charge in [-0.25, -0.2) is 0 Å². The predicted octanol–water partition coefficient (Wildman–Crippen LogP) is 4.03. The second kappa shape index (κ2) is 6.56. The summed E-state index contributed by atoms with van der Waals surface area (Å²) in [6, 6.07) is 3.87. The van der Waals surface area contributed by atoms with Crippen molar-refractivity contribution in [3.63, 3.8) is 0 Å². The molecule has 0 atom stereocenters. The monoisotopic (exact) mass is 406 g/mol. The number of rotatable bonds is 4. The highest BCUT2D eigenvalue weighted by Gasteiger charge is 2.31. The lowest BCUT2D eigenvalue weighted by atomic mass is 10.00. The van der Waals surface area contributed by atoms with Gasteiger partial charge in [0, 0.05) is 17.2 Å². The van der Waals surface area contributed by atoms with E-state index < -0.39 is 41.8 Å². The van der Waals surface area contributed by atoms with E-state index in [0.29, 0.717) is 0 Å². The van der Waals surface area contributed by atoms with Crippen molar-refractivity contribution in [3.05, 3.63) is 60.1 Å². The molecule has 2 aromatic rings. The zero-order valence-electron chi connectivity index (χ0n) is 12.3. The molecule has 0 amide bonds. The molecule has 132 valence electrons. The Morgan fingerprint density at radius 3 is 2.12 bits per heavy atom.